The summed E-state index contributed by atoms with van der Waals surface area (Å²) in [6.07, 6.45) is -11.2. The van der Waals surface area contributed by atoms with Gasteiger partial charge in [0, 0.05) is 27.6 Å². The molecule has 0 spiro atoms. The number of benzene rings is 2. The summed E-state index contributed by atoms with van der Waals surface area (Å²) in [5, 5.41) is 13.5. The van der Waals surface area contributed by atoms with Crippen molar-refractivity contribution in [2.24, 2.45) is 5.16 Å². The van der Waals surface area contributed by atoms with Crippen molar-refractivity contribution in [1.82, 2.24) is 5.32 Å². The van der Waals surface area contributed by atoms with Crippen LogP contribution in [-0.2, 0) is 21.4 Å². The van der Waals surface area contributed by atoms with Crippen molar-refractivity contribution in [2.45, 2.75) is 24.4 Å². The first-order chi connectivity index (χ1) is 15.6. The lowest BCUT2D eigenvalue weighted by atomic mass is 9.86. The van der Waals surface area contributed by atoms with Crippen LogP contribution in [0.1, 0.15) is 33.5 Å². The van der Waals surface area contributed by atoms with Crippen molar-refractivity contribution in [3.63, 3.8) is 0 Å². The smallest absolute Gasteiger partial charge is 0.435 e. The zero-order valence-electron chi connectivity index (χ0n) is 16.5. The second-order valence-electron chi connectivity index (χ2n) is 7.12. The molecule has 0 bridgehead atoms. The number of aliphatic carboxylic acids is 1. The number of amides is 1. The Balaban J connectivity index is 2.02. The van der Waals surface area contributed by atoms with Crippen molar-refractivity contribution in [3.05, 3.63) is 68.7 Å². The first kappa shape index (κ1) is 25.6. The second-order valence-corrected chi connectivity index (χ2v) is 8.00. The summed E-state index contributed by atoms with van der Waals surface area (Å²) in [6.45, 7) is -0.936. The van der Waals surface area contributed by atoms with Crippen LogP contribution in [0.2, 0.25) is 10.0 Å². The molecule has 1 atom stereocenters. The number of halogens is 8. The van der Waals surface area contributed by atoms with Gasteiger partial charge >= 0.3 is 18.3 Å². The van der Waals surface area contributed by atoms with Crippen molar-refractivity contribution in [3.8, 4) is 0 Å². The normalized spacial score (nSPS) is 18.3. The summed E-state index contributed by atoms with van der Waals surface area (Å²) in [5.74, 6) is -2.82. The van der Waals surface area contributed by atoms with Crippen molar-refractivity contribution in [2.75, 3.05) is 6.54 Å². The highest BCUT2D eigenvalue weighted by Gasteiger charge is 2.62. The molecule has 0 aliphatic carbocycles. The van der Waals surface area contributed by atoms with Crippen LogP contribution < -0.4 is 5.32 Å². The summed E-state index contributed by atoms with van der Waals surface area (Å²) in [4.78, 5) is 27.4. The third kappa shape index (κ3) is 5.07. The molecular weight excluding hydrogens is 517 g/mol. The van der Waals surface area contributed by atoms with E-state index in [2.05, 4.69) is 5.16 Å². The number of carbonyl (C=O) groups excluding carboxylic acids is 1. The van der Waals surface area contributed by atoms with Gasteiger partial charge in [0.25, 0.3) is 11.5 Å². The van der Waals surface area contributed by atoms with Crippen LogP contribution in [0.3, 0.4) is 0 Å². The van der Waals surface area contributed by atoms with Crippen molar-refractivity contribution in [1.29, 1.82) is 0 Å². The van der Waals surface area contributed by atoms with Crippen LogP contribution in [0.25, 0.3) is 0 Å². The third-order valence-corrected chi connectivity index (χ3v) is 5.25. The van der Waals surface area contributed by atoms with Gasteiger partial charge in [0.1, 0.15) is 6.54 Å². The van der Waals surface area contributed by atoms with Crippen molar-refractivity contribution >= 4 is 40.8 Å². The largest absolute Gasteiger partial charge is 0.480 e. The Labute approximate surface area is 197 Å². The van der Waals surface area contributed by atoms with Gasteiger partial charge in [-0.15, -0.1) is 0 Å². The number of carbonyl (C=O) groups is 2. The predicted molar refractivity (Wildman–Crippen MR) is 108 cm³/mol. The first-order valence-corrected chi connectivity index (χ1v) is 9.89. The lowest BCUT2D eigenvalue weighted by Crippen LogP contribution is -2.42. The van der Waals surface area contributed by atoms with Gasteiger partial charge in [-0.3, -0.25) is 9.59 Å². The molecule has 1 aliphatic heterocycles. The van der Waals surface area contributed by atoms with Crippen LogP contribution in [0.5, 0.6) is 0 Å². The molecule has 6 nitrogen and oxygen atoms in total. The molecule has 0 fully saturated rings. The van der Waals surface area contributed by atoms with E-state index in [4.69, 9.17) is 33.1 Å². The Morgan fingerprint density at radius 2 is 1.68 bits per heavy atom. The fraction of sp³-hybridized carbons (Fsp3) is 0.250. The number of carboxylic acid groups (broad SMARTS) is 1. The predicted octanol–water partition coefficient (Wildman–Crippen LogP) is 5.41. The van der Waals surface area contributed by atoms with E-state index in [0.29, 0.717) is 12.1 Å². The van der Waals surface area contributed by atoms with E-state index < -0.39 is 65.2 Å². The molecule has 1 amide bonds. The minimum atomic E-state index is -5.09. The average Bonchev–Trinajstić information content (AvgIpc) is 3.17. The molecule has 0 aromatic heterocycles. The zero-order chi connectivity index (χ0) is 25.5. The van der Waals surface area contributed by atoms with Crippen LogP contribution in [0, 0.1) is 0 Å². The molecule has 1 aliphatic rings. The number of rotatable bonds is 5. The van der Waals surface area contributed by atoms with Gasteiger partial charge in [-0.1, -0.05) is 34.4 Å². The molecule has 0 radical (unpaired) electrons. The number of nitrogens with one attached hydrogen (secondary N) is 1. The van der Waals surface area contributed by atoms with E-state index in [0.717, 1.165) is 18.2 Å². The van der Waals surface area contributed by atoms with Gasteiger partial charge in [-0.25, -0.2) is 0 Å². The minimum Gasteiger partial charge on any atom is -0.480 e. The fourth-order valence-corrected chi connectivity index (χ4v) is 3.78. The Morgan fingerprint density at radius 3 is 2.21 bits per heavy atom. The summed E-state index contributed by atoms with van der Waals surface area (Å²) < 4.78 is 83.0. The number of nitrogens with zero attached hydrogens (tertiary/aromatic N) is 1. The molecule has 0 saturated heterocycles. The van der Waals surface area contributed by atoms with Crippen LogP contribution in [0.4, 0.5) is 26.3 Å². The number of alkyl halides is 6. The minimum absolute atomic E-state index is 0.126. The maximum absolute atomic E-state index is 14.1. The molecular formula is C20H12Cl2F6N2O4. The van der Waals surface area contributed by atoms with Gasteiger partial charge in [-0.05, 0) is 30.3 Å². The number of hydrogen-bond donors (Lipinski definition) is 2. The molecule has 14 heteroatoms. The van der Waals surface area contributed by atoms with Gasteiger partial charge in [-0.2, -0.15) is 26.3 Å². The Morgan fingerprint density at radius 1 is 1.06 bits per heavy atom. The topological polar surface area (TPSA) is 88.0 Å². The highest BCUT2D eigenvalue weighted by atomic mass is 35.5. The lowest BCUT2D eigenvalue weighted by molar-refractivity contribution is -0.275. The third-order valence-electron chi connectivity index (χ3n) is 4.82. The molecule has 3 rings (SSSR count). The van der Waals surface area contributed by atoms with Crippen LogP contribution in [0.15, 0.2) is 41.6 Å². The van der Waals surface area contributed by atoms with Gasteiger partial charge in [0.05, 0.1) is 16.8 Å². The van der Waals surface area contributed by atoms with E-state index >= 15 is 0 Å². The molecule has 2 aromatic rings. The van der Waals surface area contributed by atoms with E-state index in [1.54, 1.807) is 5.32 Å². The average molecular weight is 529 g/mol. The molecule has 34 heavy (non-hydrogen) atoms. The van der Waals surface area contributed by atoms with E-state index in [9.17, 15) is 35.9 Å². The summed E-state index contributed by atoms with van der Waals surface area (Å²) >= 11 is 11.6. The molecule has 2 aromatic carbocycles. The van der Waals surface area contributed by atoms with Crippen LogP contribution in [-0.4, -0.2) is 35.4 Å². The van der Waals surface area contributed by atoms with Crippen molar-refractivity contribution < 1.29 is 45.9 Å². The molecule has 1 unspecified atom stereocenters. The standard InChI is InChI=1S/C20H12Cl2F6N2O4/c21-11-4-10(5-12(22)6-11)18(20(26,27)28)7-15(30-34-18)9-1-2-13(14(3-9)19(23,24)25)17(33)29-8-16(31)32/h1-6H,7-8H2,(H,29,33)(H,31,32). The highest BCUT2D eigenvalue weighted by molar-refractivity contribution is 6.34. The summed E-state index contributed by atoms with van der Waals surface area (Å²) in [6, 6.07) is 5.20. The maximum Gasteiger partial charge on any atom is 0.435 e. The molecule has 0 saturated carbocycles. The first-order valence-electron chi connectivity index (χ1n) is 9.14. The number of carboxylic acids is 1. The maximum atomic E-state index is 14.1. The van der Waals surface area contributed by atoms with Crippen LogP contribution >= 0.6 is 23.2 Å². The SMILES string of the molecule is O=C(O)CNC(=O)c1ccc(C2=NOC(c3cc(Cl)cc(Cl)c3)(C(F)(F)F)C2)cc1C(F)(F)F. The molecule has 1 heterocycles. The summed E-state index contributed by atoms with van der Waals surface area (Å²) in [7, 11) is 0. The molecule has 2 N–H and O–H groups in total. The number of hydrogen-bond acceptors (Lipinski definition) is 4. The molecule has 182 valence electrons. The summed E-state index contributed by atoms with van der Waals surface area (Å²) in [5.41, 5.74) is -6.84. The Kier molecular flexibility index (Phi) is 6.78. The zero-order valence-corrected chi connectivity index (χ0v) is 18.0. The Hall–Kier alpha value is -2.99. The Bertz CT molecular complexity index is 1160. The highest BCUT2D eigenvalue weighted by Crippen LogP contribution is 2.50. The van der Waals surface area contributed by atoms with E-state index in [1.165, 1.54) is 6.07 Å². The monoisotopic (exact) mass is 528 g/mol. The van der Waals surface area contributed by atoms with E-state index in [1.807, 2.05) is 0 Å². The van der Waals surface area contributed by atoms with Gasteiger partial charge in [0.2, 0.25) is 0 Å². The lowest BCUT2D eigenvalue weighted by Gasteiger charge is -2.29. The van der Waals surface area contributed by atoms with Gasteiger partial charge in [0.15, 0.2) is 0 Å². The van der Waals surface area contributed by atoms with E-state index in [-0.39, 0.29) is 15.6 Å². The quantitative estimate of drug-likeness (QED) is 0.508. The number of oxime groups is 1. The second kappa shape index (κ2) is 8.99. The fourth-order valence-electron chi connectivity index (χ4n) is 3.25. The van der Waals surface area contributed by atoms with Gasteiger partial charge < -0.3 is 15.3 Å².